The van der Waals surface area contributed by atoms with Gasteiger partial charge in [0.25, 0.3) is 0 Å². The average molecular weight is 241 g/mol. The summed E-state index contributed by atoms with van der Waals surface area (Å²) in [7, 11) is 2.05. The maximum atomic E-state index is 4.37. The number of hydrogen-bond donors (Lipinski definition) is 1. The molecule has 1 aliphatic heterocycles. The zero-order valence-corrected chi connectivity index (χ0v) is 10.8. The average Bonchev–Trinajstić information content (AvgIpc) is 2.82. The molecule has 2 aromatic rings. The van der Waals surface area contributed by atoms with Gasteiger partial charge in [-0.2, -0.15) is 0 Å². The van der Waals surface area contributed by atoms with Gasteiger partial charge in [0.15, 0.2) is 0 Å². The number of hydrogen-bond acceptors (Lipinski definition) is 2. The van der Waals surface area contributed by atoms with Crippen LogP contribution < -0.4 is 5.32 Å². The Kier molecular flexibility index (Phi) is 3.05. The molecule has 0 fully saturated rings. The van der Waals surface area contributed by atoms with Gasteiger partial charge in [-0.3, -0.25) is 0 Å². The molecule has 0 aliphatic carbocycles. The van der Waals surface area contributed by atoms with E-state index in [2.05, 4.69) is 40.1 Å². The van der Waals surface area contributed by atoms with Crippen molar-refractivity contribution in [2.45, 2.75) is 25.7 Å². The molecule has 0 atom stereocenters. The number of nitrogens with one attached hydrogen (secondary N) is 1. The SMILES string of the molecule is Cn1ccnc1CCc1ccc2c(c1)NCCC2. The van der Waals surface area contributed by atoms with Crippen LogP contribution >= 0.6 is 0 Å². The number of nitrogens with zero attached hydrogens (tertiary/aromatic N) is 2. The molecule has 1 aromatic heterocycles. The monoisotopic (exact) mass is 241 g/mol. The second-order valence-electron chi connectivity index (χ2n) is 4.98. The van der Waals surface area contributed by atoms with Gasteiger partial charge >= 0.3 is 0 Å². The van der Waals surface area contributed by atoms with Crippen LogP contribution in [0.25, 0.3) is 0 Å². The highest BCUT2D eigenvalue weighted by Gasteiger charge is 2.09. The first-order chi connectivity index (χ1) is 8.83. The predicted octanol–water partition coefficient (Wildman–Crippen LogP) is 2.56. The molecule has 1 aromatic carbocycles. The molecule has 0 bridgehead atoms. The van der Waals surface area contributed by atoms with E-state index in [1.807, 2.05) is 12.4 Å². The van der Waals surface area contributed by atoms with Crippen LogP contribution in [0.5, 0.6) is 0 Å². The van der Waals surface area contributed by atoms with Gasteiger partial charge in [-0.05, 0) is 36.5 Å². The molecule has 0 amide bonds. The lowest BCUT2D eigenvalue weighted by Gasteiger charge is -2.18. The number of aromatic nitrogens is 2. The summed E-state index contributed by atoms with van der Waals surface area (Å²) in [5.74, 6) is 1.15. The molecule has 94 valence electrons. The molecule has 2 heterocycles. The van der Waals surface area contributed by atoms with Crippen LogP contribution in [0.4, 0.5) is 5.69 Å². The Morgan fingerprint density at radius 2 is 2.28 bits per heavy atom. The first-order valence-corrected chi connectivity index (χ1v) is 6.65. The van der Waals surface area contributed by atoms with E-state index >= 15 is 0 Å². The first-order valence-electron chi connectivity index (χ1n) is 6.65. The molecule has 18 heavy (non-hydrogen) atoms. The van der Waals surface area contributed by atoms with Crippen LogP contribution in [-0.2, 0) is 26.3 Å². The molecule has 0 saturated heterocycles. The van der Waals surface area contributed by atoms with Crippen LogP contribution in [0, 0.1) is 0 Å². The quantitative estimate of drug-likeness (QED) is 0.895. The number of benzene rings is 1. The number of rotatable bonds is 3. The van der Waals surface area contributed by atoms with Gasteiger partial charge in [-0.15, -0.1) is 0 Å². The summed E-state index contributed by atoms with van der Waals surface area (Å²) in [5.41, 5.74) is 4.19. The third-order valence-corrected chi connectivity index (χ3v) is 3.67. The van der Waals surface area contributed by atoms with Crippen LogP contribution in [0.2, 0.25) is 0 Å². The largest absolute Gasteiger partial charge is 0.385 e. The number of imidazole rings is 1. The molecule has 1 N–H and O–H groups in total. The van der Waals surface area contributed by atoms with Gasteiger partial charge in [0.2, 0.25) is 0 Å². The zero-order chi connectivity index (χ0) is 12.4. The minimum absolute atomic E-state index is 1.00. The van der Waals surface area contributed by atoms with Crippen molar-refractivity contribution >= 4 is 5.69 Å². The second-order valence-corrected chi connectivity index (χ2v) is 4.98. The van der Waals surface area contributed by atoms with Crippen LogP contribution in [-0.4, -0.2) is 16.1 Å². The smallest absolute Gasteiger partial charge is 0.108 e. The van der Waals surface area contributed by atoms with Crippen molar-refractivity contribution in [1.82, 2.24) is 9.55 Å². The summed E-state index contributed by atoms with van der Waals surface area (Å²) in [6.45, 7) is 1.11. The van der Waals surface area contributed by atoms with Crippen LogP contribution in [0.15, 0.2) is 30.6 Å². The lowest BCUT2D eigenvalue weighted by Crippen LogP contribution is -2.12. The first kappa shape index (κ1) is 11.3. The lowest BCUT2D eigenvalue weighted by atomic mass is 9.99. The van der Waals surface area contributed by atoms with E-state index in [9.17, 15) is 0 Å². The number of fused-ring (bicyclic) bond motifs is 1. The van der Waals surface area contributed by atoms with Gasteiger partial charge < -0.3 is 9.88 Å². The van der Waals surface area contributed by atoms with E-state index in [0.29, 0.717) is 0 Å². The van der Waals surface area contributed by atoms with Crippen molar-refractivity contribution in [1.29, 1.82) is 0 Å². The van der Waals surface area contributed by atoms with Crippen molar-refractivity contribution < 1.29 is 0 Å². The molecular formula is C15H19N3. The van der Waals surface area contributed by atoms with E-state index in [1.54, 1.807) is 0 Å². The van der Waals surface area contributed by atoms with E-state index in [4.69, 9.17) is 0 Å². The fourth-order valence-corrected chi connectivity index (χ4v) is 2.56. The Labute approximate surface area is 108 Å². The van der Waals surface area contributed by atoms with Gasteiger partial charge in [-0.1, -0.05) is 12.1 Å². The maximum Gasteiger partial charge on any atom is 0.108 e. The normalized spacial score (nSPS) is 14.1. The van der Waals surface area contributed by atoms with E-state index in [-0.39, 0.29) is 0 Å². The van der Waals surface area contributed by atoms with Crippen LogP contribution in [0.3, 0.4) is 0 Å². The van der Waals surface area contributed by atoms with E-state index in [0.717, 1.165) is 25.2 Å². The van der Waals surface area contributed by atoms with Gasteiger partial charge in [-0.25, -0.2) is 4.98 Å². The predicted molar refractivity (Wildman–Crippen MR) is 73.9 cm³/mol. The van der Waals surface area contributed by atoms with Gasteiger partial charge in [0.1, 0.15) is 5.82 Å². The zero-order valence-electron chi connectivity index (χ0n) is 10.8. The third-order valence-electron chi connectivity index (χ3n) is 3.67. The number of anilines is 1. The molecule has 3 rings (SSSR count). The van der Waals surface area contributed by atoms with Crippen molar-refractivity contribution in [3.63, 3.8) is 0 Å². The topological polar surface area (TPSA) is 29.9 Å². The van der Waals surface area contributed by atoms with Gasteiger partial charge in [0, 0.05) is 38.1 Å². The van der Waals surface area contributed by atoms with Crippen LogP contribution in [0.1, 0.15) is 23.4 Å². The Hall–Kier alpha value is -1.77. The highest BCUT2D eigenvalue weighted by atomic mass is 15.0. The van der Waals surface area contributed by atoms with Gasteiger partial charge in [0.05, 0.1) is 0 Å². The summed E-state index contributed by atoms with van der Waals surface area (Å²) in [5, 5.41) is 3.49. The molecule has 1 aliphatic rings. The van der Waals surface area contributed by atoms with Crippen molar-refractivity contribution in [2.24, 2.45) is 7.05 Å². The summed E-state index contributed by atoms with van der Waals surface area (Å²) < 4.78 is 2.09. The molecule has 0 radical (unpaired) electrons. The highest BCUT2D eigenvalue weighted by Crippen LogP contribution is 2.23. The highest BCUT2D eigenvalue weighted by molar-refractivity contribution is 5.54. The summed E-state index contributed by atoms with van der Waals surface area (Å²) >= 11 is 0. The Balaban J connectivity index is 1.71. The summed E-state index contributed by atoms with van der Waals surface area (Å²) in [4.78, 5) is 4.37. The Morgan fingerprint density at radius 3 is 3.11 bits per heavy atom. The molecular weight excluding hydrogens is 222 g/mol. The second kappa shape index (κ2) is 4.84. The maximum absolute atomic E-state index is 4.37. The minimum Gasteiger partial charge on any atom is -0.385 e. The van der Waals surface area contributed by atoms with Crippen molar-refractivity contribution in [3.05, 3.63) is 47.5 Å². The lowest BCUT2D eigenvalue weighted by molar-refractivity contribution is 0.769. The molecule has 0 spiro atoms. The van der Waals surface area contributed by atoms with E-state index in [1.165, 1.54) is 29.7 Å². The standard InChI is InChI=1S/C15H19N3/c1-18-10-9-17-15(18)7-5-12-4-6-13-3-2-8-16-14(13)11-12/h4,6,9-11,16H,2-3,5,7-8H2,1H3. The fraction of sp³-hybridized carbons (Fsp3) is 0.400. The number of aryl methyl sites for hydroxylation is 4. The minimum atomic E-state index is 1.00. The molecule has 0 unspecified atom stereocenters. The molecule has 3 heteroatoms. The Bertz CT molecular complexity index is 542. The fourth-order valence-electron chi connectivity index (χ4n) is 2.56. The molecule has 0 saturated carbocycles. The van der Waals surface area contributed by atoms with Crippen molar-refractivity contribution in [2.75, 3.05) is 11.9 Å². The Morgan fingerprint density at radius 1 is 1.33 bits per heavy atom. The van der Waals surface area contributed by atoms with Crippen molar-refractivity contribution in [3.8, 4) is 0 Å². The van der Waals surface area contributed by atoms with E-state index < -0.39 is 0 Å². The summed E-state index contributed by atoms with van der Waals surface area (Å²) in [6.07, 6.45) is 8.39. The third kappa shape index (κ3) is 2.26. The molecule has 3 nitrogen and oxygen atoms in total. The summed E-state index contributed by atoms with van der Waals surface area (Å²) in [6, 6.07) is 6.83.